The van der Waals surface area contributed by atoms with Crippen molar-refractivity contribution in [1.82, 2.24) is 9.80 Å². The van der Waals surface area contributed by atoms with Gasteiger partial charge in [0.1, 0.15) is 23.1 Å². The van der Waals surface area contributed by atoms with Crippen LogP contribution in [0.4, 0.5) is 57.9 Å². The second kappa shape index (κ2) is 22.4. The number of anilines is 4. The van der Waals surface area contributed by atoms with Gasteiger partial charge in [0, 0.05) is 115 Å². The Bertz CT molecular complexity index is 2600. The van der Waals surface area contributed by atoms with Gasteiger partial charge in [-0.25, -0.2) is 8.78 Å². The Morgan fingerprint density at radius 1 is 0.634 bits per heavy atom. The maximum atomic E-state index is 13.3. The molecule has 4 aromatic carbocycles. The molecule has 23 heteroatoms. The Balaban J connectivity index is 0.000000209. The fourth-order valence-corrected chi connectivity index (χ4v) is 9.27. The monoisotopic (exact) mass is 1040 g/mol. The Morgan fingerprint density at radius 2 is 1.01 bits per heavy atom. The lowest BCUT2D eigenvalue weighted by atomic mass is 9.82. The summed E-state index contributed by atoms with van der Waals surface area (Å²) in [7, 11) is 0. The maximum Gasteiger partial charge on any atom is 0.573 e. The molecule has 4 heterocycles. The van der Waals surface area contributed by atoms with E-state index in [0.717, 1.165) is 35.6 Å². The standard InChI is InChI=1S/C25H24ClF4N3O4.C23H22ClF4N3O3/c1-14(34)31-21-9-20(26)22(37-25(28,29)30)8-15(21)2-7-23(35)33-10-16-12-36-13-17(11-33)24(16)32-19-5-3-18(27)4-6-19;24-18-8-19(29)13(7-20(18)34-23(26,27)28)1-6-21(32)31-9-14-11-33-12-15(10-31)22(14)30-17-4-2-16(25)3-5-17/h2-9,16-17,24,32H,10-13H2,1H3,(H,31,34);1-8,14-15,22,30H,9-12,29H2/b7-2+;6-1+/t16-,17+,24?;14-,15+,22?. The molecule has 8 rings (SSSR count). The molecule has 2 unspecified atom stereocenters. The molecule has 380 valence electrons. The van der Waals surface area contributed by atoms with Crippen LogP contribution >= 0.6 is 23.2 Å². The summed E-state index contributed by atoms with van der Waals surface area (Å²) >= 11 is 11.7. The molecule has 5 N–H and O–H groups in total. The lowest BCUT2D eigenvalue weighted by Crippen LogP contribution is -2.59. The number of rotatable bonds is 11. The first-order valence-corrected chi connectivity index (χ1v) is 22.7. The van der Waals surface area contributed by atoms with E-state index in [2.05, 4.69) is 25.4 Å². The molecule has 4 aliphatic heterocycles. The Morgan fingerprint density at radius 3 is 1.41 bits per heavy atom. The molecule has 0 aromatic heterocycles. The number of alkyl halides is 6. The number of carbonyl (C=O) groups is 3. The molecule has 0 spiro atoms. The number of hydrogen-bond donors (Lipinski definition) is 4. The van der Waals surface area contributed by atoms with Crippen molar-refractivity contribution in [1.29, 1.82) is 0 Å². The Kier molecular flexibility index (Phi) is 16.6. The van der Waals surface area contributed by atoms with E-state index in [1.807, 2.05) is 0 Å². The molecule has 6 atom stereocenters. The molecule has 71 heavy (non-hydrogen) atoms. The SMILES string of the molecule is CC(=O)Nc1cc(Cl)c(OC(F)(F)F)cc1/C=C/C(=O)N1C[C@H]2COC[C@@H](C1)C2Nc1ccc(F)cc1.Nc1cc(Cl)c(OC(F)(F)F)cc1/C=C/C(=O)N1C[C@H]2COC[C@@H](C1)C2Nc1ccc(F)cc1. The van der Waals surface area contributed by atoms with Crippen molar-refractivity contribution >= 4 is 75.8 Å². The van der Waals surface area contributed by atoms with Gasteiger partial charge in [0.2, 0.25) is 17.7 Å². The van der Waals surface area contributed by atoms with E-state index in [-0.39, 0.29) is 91.8 Å². The van der Waals surface area contributed by atoms with Crippen LogP contribution < -0.4 is 31.2 Å². The number of amides is 3. The van der Waals surface area contributed by atoms with Gasteiger partial charge in [0.15, 0.2) is 0 Å². The van der Waals surface area contributed by atoms with Gasteiger partial charge in [0.25, 0.3) is 0 Å². The first-order chi connectivity index (χ1) is 33.6. The van der Waals surface area contributed by atoms with Gasteiger partial charge in [-0.1, -0.05) is 23.2 Å². The largest absolute Gasteiger partial charge is 0.573 e. The highest BCUT2D eigenvalue weighted by molar-refractivity contribution is 6.33. The van der Waals surface area contributed by atoms with Crippen LogP contribution in [0.5, 0.6) is 11.5 Å². The summed E-state index contributed by atoms with van der Waals surface area (Å²) in [5, 5.41) is 8.69. The van der Waals surface area contributed by atoms with E-state index in [0.29, 0.717) is 52.6 Å². The molecule has 13 nitrogen and oxygen atoms in total. The molecular weight excluding hydrogens is 995 g/mol. The van der Waals surface area contributed by atoms with Crippen molar-refractivity contribution in [2.75, 3.05) is 74.3 Å². The number of nitrogen functional groups attached to an aromatic ring is 1. The smallest absolute Gasteiger partial charge is 0.404 e. The summed E-state index contributed by atoms with van der Waals surface area (Å²) in [6.45, 7) is 4.66. The number of nitrogens with one attached hydrogen (secondary N) is 3. The average molecular weight is 1040 g/mol. The molecule has 4 saturated heterocycles. The maximum absolute atomic E-state index is 13.3. The van der Waals surface area contributed by atoms with Crippen LogP contribution in [0.1, 0.15) is 18.1 Å². The van der Waals surface area contributed by atoms with Crippen LogP contribution in [-0.4, -0.2) is 105 Å². The van der Waals surface area contributed by atoms with Gasteiger partial charge >= 0.3 is 12.7 Å². The number of piperidine rings is 2. The molecule has 0 saturated carbocycles. The Labute approximate surface area is 411 Å². The van der Waals surface area contributed by atoms with Crippen molar-refractivity contribution in [3.8, 4) is 11.5 Å². The topological polar surface area (TPSA) is 157 Å². The summed E-state index contributed by atoms with van der Waals surface area (Å²) in [4.78, 5) is 40.8. The third kappa shape index (κ3) is 14.4. The van der Waals surface area contributed by atoms with Crippen LogP contribution in [0.3, 0.4) is 0 Å². The van der Waals surface area contributed by atoms with Crippen molar-refractivity contribution in [2.45, 2.75) is 31.7 Å². The molecule has 0 aliphatic carbocycles. The number of hydrogen-bond acceptors (Lipinski definition) is 10. The molecule has 4 bridgehead atoms. The van der Waals surface area contributed by atoms with E-state index in [1.54, 1.807) is 34.1 Å². The first kappa shape index (κ1) is 52.5. The fourth-order valence-electron chi connectivity index (χ4n) is 8.85. The number of nitrogens with two attached hydrogens (primary N) is 1. The van der Waals surface area contributed by atoms with E-state index in [1.165, 1.54) is 55.5 Å². The second-order valence-corrected chi connectivity index (χ2v) is 18.0. The van der Waals surface area contributed by atoms with Gasteiger partial charge in [-0.3, -0.25) is 14.4 Å². The van der Waals surface area contributed by atoms with Gasteiger partial charge in [-0.2, -0.15) is 0 Å². The van der Waals surface area contributed by atoms with E-state index < -0.39 is 30.1 Å². The molecule has 3 amide bonds. The minimum Gasteiger partial charge on any atom is -0.404 e. The normalized spacial score (nSPS) is 22.1. The number of likely N-dealkylation sites (tertiary alicyclic amines) is 2. The Hall–Kier alpha value is -6.29. The second-order valence-electron chi connectivity index (χ2n) is 17.2. The first-order valence-electron chi connectivity index (χ1n) is 21.9. The summed E-state index contributed by atoms with van der Waals surface area (Å²) < 4.78 is 122. The number of fused-ring (bicyclic) bond motifs is 4. The zero-order valence-corrected chi connectivity index (χ0v) is 39.0. The highest BCUT2D eigenvalue weighted by Gasteiger charge is 2.43. The average Bonchev–Trinajstić information content (AvgIpc) is 3.27. The van der Waals surface area contributed by atoms with Crippen molar-refractivity contribution in [2.24, 2.45) is 23.7 Å². The minimum atomic E-state index is -4.97. The van der Waals surface area contributed by atoms with E-state index >= 15 is 0 Å². The van der Waals surface area contributed by atoms with Crippen LogP contribution in [0.15, 0.2) is 84.9 Å². The molecule has 4 aromatic rings. The zero-order chi connectivity index (χ0) is 51.2. The number of benzene rings is 4. The van der Waals surface area contributed by atoms with E-state index in [9.17, 15) is 49.5 Å². The number of nitrogens with zero attached hydrogens (tertiary/aromatic N) is 2. The predicted octanol–water partition coefficient (Wildman–Crippen LogP) is 9.49. The third-order valence-corrected chi connectivity index (χ3v) is 12.6. The fraction of sp³-hybridized carbons (Fsp3) is 0.354. The van der Waals surface area contributed by atoms with Gasteiger partial charge < -0.3 is 50.4 Å². The van der Waals surface area contributed by atoms with Crippen LogP contribution in [0.25, 0.3) is 12.2 Å². The van der Waals surface area contributed by atoms with Gasteiger partial charge in [-0.05, 0) is 84.9 Å². The van der Waals surface area contributed by atoms with Gasteiger partial charge in [-0.15, -0.1) is 26.3 Å². The number of carbonyl (C=O) groups excluding carboxylic acids is 3. The highest BCUT2D eigenvalue weighted by atomic mass is 35.5. The summed E-state index contributed by atoms with van der Waals surface area (Å²) in [5.74, 6) is -3.04. The van der Waals surface area contributed by atoms with Crippen LogP contribution in [-0.2, 0) is 23.9 Å². The number of halogens is 10. The molecule has 4 aliphatic rings. The highest BCUT2D eigenvalue weighted by Crippen LogP contribution is 2.38. The summed E-state index contributed by atoms with van der Waals surface area (Å²) in [6.07, 6.45) is -4.74. The molecule has 4 fully saturated rings. The van der Waals surface area contributed by atoms with E-state index in [4.69, 9.17) is 38.4 Å². The van der Waals surface area contributed by atoms with Crippen LogP contribution in [0, 0.1) is 35.3 Å². The molecular formula is C48H46Cl2F8N6O7. The summed E-state index contributed by atoms with van der Waals surface area (Å²) in [5.41, 5.74) is 7.93. The summed E-state index contributed by atoms with van der Waals surface area (Å²) in [6, 6.07) is 16.5. The van der Waals surface area contributed by atoms with Crippen LogP contribution in [0.2, 0.25) is 10.0 Å². The minimum absolute atomic E-state index is 0.0160. The van der Waals surface area contributed by atoms with Gasteiger partial charge in [0.05, 0.1) is 36.5 Å². The molecule has 0 radical (unpaired) electrons. The zero-order valence-electron chi connectivity index (χ0n) is 37.5. The van der Waals surface area contributed by atoms with Crippen molar-refractivity contribution in [3.05, 3.63) is 118 Å². The number of ether oxygens (including phenoxy) is 4. The van der Waals surface area contributed by atoms with Crippen molar-refractivity contribution < 1.29 is 68.5 Å². The third-order valence-electron chi connectivity index (χ3n) is 12.0. The van der Waals surface area contributed by atoms with Crippen molar-refractivity contribution in [3.63, 3.8) is 0 Å². The predicted molar refractivity (Wildman–Crippen MR) is 249 cm³/mol. The lowest BCUT2D eigenvalue weighted by molar-refractivity contribution is -0.275. The lowest BCUT2D eigenvalue weighted by Gasteiger charge is -2.47. The quantitative estimate of drug-likeness (QED) is 0.0649.